The molecule has 0 N–H and O–H groups in total. The van der Waals surface area contributed by atoms with Crippen molar-refractivity contribution in [2.45, 2.75) is 0 Å². The monoisotopic (exact) mass is 1300 g/mol. The van der Waals surface area contributed by atoms with Gasteiger partial charge in [0.05, 0.1) is 0 Å². The molecule has 0 aliphatic heterocycles. The molecule has 20 aromatic rings. The van der Waals surface area contributed by atoms with Gasteiger partial charge in [-0.2, -0.15) is 0 Å². The summed E-state index contributed by atoms with van der Waals surface area (Å²) in [6.07, 6.45) is 0. The smallest absolute Gasteiger partial charge is 0.165 e. The van der Waals surface area contributed by atoms with E-state index in [2.05, 4.69) is 255 Å². The van der Waals surface area contributed by atoms with E-state index in [1.54, 1.807) is 0 Å². The van der Waals surface area contributed by atoms with Crippen molar-refractivity contribution < 1.29 is 8.83 Å². The molecule has 16 aromatic carbocycles. The van der Waals surface area contributed by atoms with E-state index < -0.39 is 0 Å². The fourth-order valence-corrected chi connectivity index (χ4v) is 15.0. The molecule has 0 radical (unpaired) electrons. The molecule has 4 aromatic heterocycles. The van der Waals surface area contributed by atoms with E-state index in [9.17, 15) is 0 Å². The van der Waals surface area contributed by atoms with Gasteiger partial charge in [-0.15, -0.1) is 0 Å². The van der Waals surface area contributed by atoms with Gasteiger partial charge in [0.25, 0.3) is 0 Å². The first-order chi connectivity index (χ1) is 50.5. The average Bonchev–Trinajstić information content (AvgIpc) is 1.47. The maximum atomic E-state index is 6.88. The number of rotatable bonds is 11. The summed E-state index contributed by atoms with van der Waals surface area (Å²) < 4.78 is 13.5. The van der Waals surface area contributed by atoms with Crippen LogP contribution in [0.3, 0.4) is 0 Å². The summed E-state index contributed by atoms with van der Waals surface area (Å²) in [7, 11) is 0. The molecule has 4 heterocycles. The molecule has 0 bridgehead atoms. The lowest BCUT2D eigenvalue weighted by molar-refractivity contribution is 0.668. The summed E-state index contributed by atoms with van der Waals surface area (Å²) in [5.74, 6) is 3.45. The van der Waals surface area contributed by atoms with Crippen LogP contribution in [0.2, 0.25) is 0 Å². The molecule has 0 saturated heterocycles. The fourth-order valence-electron chi connectivity index (χ4n) is 15.0. The Morgan fingerprint density at radius 3 is 1.21 bits per heavy atom. The highest BCUT2D eigenvalue weighted by Gasteiger charge is 2.25. The first-order valence-electron chi connectivity index (χ1n) is 34.3. The van der Waals surface area contributed by atoms with Crippen molar-refractivity contribution in [3.05, 3.63) is 340 Å². The summed E-state index contributed by atoms with van der Waals surface area (Å²) >= 11 is 0. The summed E-state index contributed by atoms with van der Waals surface area (Å²) in [6, 6.07) is 119. The second-order valence-corrected chi connectivity index (χ2v) is 26.0. The Morgan fingerprint density at radius 1 is 0.167 bits per heavy atom. The lowest BCUT2D eigenvalue weighted by Gasteiger charge is -2.15. The Hall–Kier alpha value is -13.8. The number of hydrogen-bond acceptors (Lipinski definition) is 8. The molecule has 0 aliphatic rings. The minimum atomic E-state index is 0.556. The number of furan rings is 2. The average molecular weight is 1300 g/mol. The fraction of sp³-hybridized carbons (Fsp3) is 0. The van der Waals surface area contributed by atoms with Crippen LogP contribution in [0.5, 0.6) is 0 Å². The maximum Gasteiger partial charge on any atom is 0.165 e. The number of benzene rings is 16. The zero-order valence-corrected chi connectivity index (χ0v) is 54.8. The molecule has 20 rings (SSSR count). The highest BCUT2D eigenvalue weighted by molar-refractivity contribution is 6.23. The summed E-state index contributed by atoms with van der Waals surface area (Å²) in [5.41, 5.74) is 19.2. The van der Waals surface area contributed by atoms with Crippen LogP contribution in [0.1, 0.15) is 0 Å². The molecular formula is C94H56N6O2. The van der Waals surface area contributed by atoms with Gasteiger partial charge in [0.15, 0.2) is 34.9 Å². The number of hydrogen-bond donors (Lipinski definition) is 0. The largest absolute Gasteiger partial charge is 0.456 e. The van der Waals surface area contributed by atoms with Crippen molar-refractivity contribution >= 4 is 87.0 Å². The van der Waals surface area contributed by atoms with Crippen LogP contribution < -0.4 is 0 Å². The SMILES string of the molecule is c1ccc(-c2ccc(-c3nc(-c4ccccc4)nc(-c4c(-c5ccc6ccc7cc(-c8ccc9c(c8)c(-c8cccc%10oc%11cccc(-c%12nc(-c%13ccccc%13)nc(-c%13ccc(-c%14ccccc%14)cc%13)n%12)c%11c8%10)cc8ccccc89)ccc7c6c5)ccc5oc6ccccc6c45)n3)cc2)cc1. The molecule has 0 saturated carbocycles. The first kappa shape index (κ1) is 58.3. The molecule has 0 amide bonds. The number of aromatic nitrogens is 6. The van der Waals surface area contributed by atoms with Crippen LogP contribution in [0.4, 0.5) is 0 Å². The predicted octanol–water partition coefficient (Wildman–Crippen LogP) is 24.8. The Balaban J connectivity index is 0.719. The molecule has 0 atom stereocenters. The lowest BCUT2D eigenvalue weighted by Crippen LogP contribution is -2.01. The quantitative estimate of drug-likeness (QED) is 0.118. The van der Waals surface area contributed by atoms with Crippen LogP contribution in [0, 0.1) is 0 Å². The number of fused-ring (bicyclic) bond motifs is 12. The van der Waals surface area contributed by atoms with Gasteiger partial charge in [-0.3, -0.25) is 0 Å². The highest BCUT2D eigenvalue weighted by atomic mass is 16.3. The van der Waals surface area contributed by atoms with Crippen molar-refractivity contribution in [1.82, 2.24) is 29.9 Å². The van der Waals surface area contributed by atoms with E-state index in [0.717, 1.165) is 171 Å². The van der Waals surface area contributed by atoms with Crippen LogP contribution >= 0.6 is 0 Å². The summed E-state index contributed by atoms with van der Waals surface area (Å²) in [6.45, 7) is 0. The van der Waals surface area contributed by atoms with Gasteiger partial charge in [0.1, 0.15) is 22.3 Å². The third-order valence-corrected chi connectivity index (χ3v) is 20.0. The van der Waals surface area contributed by atoms with Crippen molar-refractivity contribution in [3.63, 3.8) is 0 Å². The van der Waals surface area contributed by atoms with Gasteiger partial charge in [0.2, 0.25) is 0 Å². The molecule has 0 spiro atoms. The molecule has 102 heavy (non-hydrogen) atoms. The van der Waals surface area contributed by atoms with Gasteiger partial charge < -0.3 is 8.83 Å². The van der Waals surface area contributed by atoms with Crippen LogP contribution in [0.25, 0.3) is 211 Å². The van der Waals surface area contributed by atoms with Crippen molar-refractivity contribution in [3.8, 4) is 124 Å². The van der Waals surface area contributed by atoms with Crippen LogP contribution in [0.15, 0.2) is 349 Å². The minimum Gasteiger partial charge on any atom is -0.456 e. The van der Waals surface area contributed by atoms with Crippen LogP contribution in [-0.2, 0) is 0 Å². The van der Waals surface area contributed by atoms with E-state index in [1.807, 2.05) is 84.9 Å². The second-order valence-electron chi connectivity index (χ2n) is 26.0. The topological polar surface area (TPSA) is 104 Å². The van der Waals surface area contributed by atoms with Gasteiger partial charge in [-0.1, -0.05) is 285 Å². The predicted molar refractivity (Wildman–Crippen MR) is 418 cm³/mol. The van der Waals surface area contributed by atoms with Crippen molar-refractivity contribution in [2.75, 3.05) is 0 Å². The van der Waals surface area contributed by atoms with E-state index in [0.29, 0.717) is 34.9 Å². The first-order valence-corrected chi connectivity index (χ1v) is 34.3. The normalized spacial score (nSPS) is 11.7. The second kappa shape index (κ2) is 24.0. The molecule has 474 valence electrons. The van der Waals surface area contributed by atoms with E-state index in [-0.39, 0.29) is 0 Å². The van der Waals surface area contributed by atoms with Crippen molar-refractivity contribution in [2.24, 2.45) is 0 Å². The van der Waals surface area contributed by atoms with Gasteiger partial charge >= 0.3 is 0 Å². The summed E-state index contributed by atoms with van der Waals surface area (Å²) in [4.78, 5) is 31.7. The lowest BCUT2D eigenvalue weighted by atomic mass is 9.88. The molecule has 8 nitrogen and oxygen atoms in total. The molecule has 0 aliphatic carbocycles. The molecule has 0 fully saturated rings. The summed E-state index contributed by atoms with van der Waals surface area (Å²) in [5, 5.41) is 13.0. The minimum absolute atomic E-state index is 0.556. The Kier molecular flexibility index (Phi) is 13.7. The maximum absolute atomic E-state index is 6.88. The van der Waals surface area contributed by atoms with E-state index in [4.69, 9.17) is 38.7 Å². The molecule has 0 unspecified atom stereocenters. The standard InChI is InChI=1S/C94H56N6O2/c1-5-19-57(20-6-1)59-35-41-64(42-36-59)91-95-89(62-23-9-3-10-24-62)97-93(98-91)77-31-18-34-83-87(77)85-75(30-17-33-82(85)102-83)80-56-68-27-13-14-28-71(68)74-50-48-67(54-79(74)80)66-47-49-72-69(53-66)45-39-61-40-46-70(55-78(61)72)73-51-52-84-86(76-29-15-16-32-81(76)101-84)88(73)94-99-90(63-25-11-4-12-26-63)96-92(100-94)65-43-37-60(38-44-65)58-21-7-2-8-22-58/h1-56H. The van der Waals surface area contributed by atoms with Crippen LogP contribution in [-0.4, -0.2) is 29.9 Å². The number of para-hydroxylation sites is 1. The number of nitrogens with zero attached hydrogens (tertiary/aromatic N) is 6. The van der Waals surface area contributed by atoms with Gasteiger partial charge in [-0.05, 0) is 153 Å². The molecule has 8 heteroatoms. The van der Waals surface area contributed by atoms with E-state index in [1.165, 1.54) is 5.39 Å². The molecular weight excluding hydrogens is 1250 g/mol. The Labute approximate surface area is 585 Å². The third kappa shape index (κ3) is 10.1. The van der Waals surface area contributed by atoms with Gasteiger partial charge in [0, 0.05) is 54.9 Å². The van der Waals surface area contributed by atoms with Gasteiger partial charge in [-0.25, -0.2) is 29.9 Å². The third-order valence-electron chi connectivity index (χ3n) is 20.0. The zero-order chi connectivity index (χ0) is 67.2. The Morgan fingerprint density at radius 2 is 0.569 bits per heavy atom. The Bertz CT molecular complexity index is 6710. The highest BCUT2D eigenvalue weighted by Crippen LogP contribution is 2.48. The zero-order valence-electron chi connectivity index (χ0n) is 54.8. The van der Waals surface area contributed by atoms with E-state index >= 15 is 0 Å². The van der Waals surface area contributed by atoms with Crippen molar-refractivity contribution in [1.29, 1.82) is 0 Å².